The van der Waals surface area contributed by atoms with E-state index < -0.39 is 5.54 Å². The van der Waals surface area contributed by atoms with Crippen molar-refractivity contribution in [1.82, 2.24) is 9.62 Å². The van der Waals surface area contributed by atoms with Gasteiger partial charge in [-0.2, -0.15) is 0 Å². The standard InChI is InChI=1S/C24H34N4OS/c1-16-4-6-19(7-5-16)22-26-23(29)24(27-22)9-11-28(12-10-24)30-13-8-20-14-18(3)21(25)15-17(20)2/h8,13-16,19H,4-7,9-12,25H2,1-3H3,(H,26,27,29)/b13-8+. The molecule has 0 bridgehead atoms. The van der Waals surface area contributed by atoms with Crippen molar-refractivity contribution in [2.75, 3.05) is 18.8 Å². The Balaban J connectivity index is 1.33. The number of benzene rings is 1. The van der Waals surface area contributed by atoms with E-state index in [1.165, 1.54) is 24.0 Å². The van der Waals surface area contributed by atoms with E-state index in [-0.39, 0.29) is 5.91 Å². The van der Waals surface area contributed by atoms with Crippen LogP contribution in [0, 0.1) is 25.7 Å². The molecule has 3 aliphatic rings. The number of carbonyl (C=O) groups excluding carboxylic acids is 1. The van der Waals surface area contributed by atoms with Gasteiger partial charge in [0.05, 0.1) is 0 Å². The molecular formula is C24H34N4OS. The number of rotatable bonds is 4. The molecule has 6 heteroatoms. The lowest BCUT2D eigenvalue weighted by Crippen LogP contribution is -2.47. The highest BCUT2D eigenvalue weighted by atomic mass is 32.2. The summed E-state index contributed by atoms with van der Waals surface area (Å²) < 4.78 is 2.34. The minimum Gasteiger partial charge on any atom is -0.399 e. The molecule has 30 heavy (non-hydrogen) atoms. The molecule has 2 heterocycles. The Morgan fingerprint density at radius 1 is 1.17 bits per heavy atom. The fraction of sp³-hybridized carbons (Fsp3) is 0.583. The zero-order valence-electron chi connectivity index (χ0n) is 18.4. The van der Waals surface area contributed by atoms with Gasteiger partial charge in [0.25, 0.3) is 5.91 Å². The van der Waals surface area contributed by atoms with Crippen molar-refractivity contribution in [1.29, 1.82) is 0 Å². The lowest BCUT2D eigenvalue weighted by Gasteiger charge is -2.34. The van der Waals surface area contributed by atoms with Crippen LogP contribution in [0.3, 0.4) is 0 Å². The lowest BCUT2D eigenvalue weighted by atomic mass is 9.82. The first-order chi connectivity index (χ1) is 14.4. The van der Waals surface area contributed by atoms with Crippen LogP contribution in [0.4, 0.5) is 5.69 Å². The van der Waals surface area contributed by atoms with Crippen LogP contribution in [-0.4, -0.2) is 34.7 Å². The average Bonchev–Trinajstić information content (AvgIpc) is 3.04. The summed E-state index contributed by atoms with van der Waals surface area (Å²) in [6.07, 6.45) is 8.56. The Morgan fingerprint density at radius 2 is 1.87 bits per heavy atom. The molecule has 3 N–H and O–H groups in total. The number of carbonyl (C=O) groups is 1. The monoisotopic (exact) mass is 426 g/mol. The maximum Gasteiger partial charge on any atom is 0.253 e. The number of nitrogens with two attached hydrogens (primary N) is 1. The van der Waals surface area contributed by atoms with Crippen molar-refractivity contribution in [2.45, 2.75) is 64.8 Å². The van der Waals surface area contributed by atoms with Gasteiger partial charge < -0.3 is 11.1 Å². The summed E-state index contributed by atoms with van der Waals surface area (Å²) in [5.74, 6) is 2.36. The number of anilines is 1. The average molecular weight is 427 g/mol. The van der Waals surface area contributed by atoms with Crippen molar-refractivity contribution < 1.29 is 4.79 Å². The normalized spacial score (nSPS) is 26.9. The van der Waals surface area contributed by atoms with Crippen LogP contribution in [0.25, 0.3) is 6.08 Å². The summed E-state index contributed by atoms with van der Waals surface area (Å²) >= 11 is 1.72. The number of nitrogen functional groups attached to an aromatic ring is 1. The highest BCUT2D eigenvalue weighted by Crippen LogP contribution is 2.36. The molecule has 1 spiro atoms. The molecule has 1 aliphatic carbocycles. The highest BCUT2D eigenvalue weighted by molar-refractivity contribution is 8.00. The quantitative estimate of drug-likeness (QED) is 0.541. The molecule has 0 aromatic heterocycles. The Morgan fingerprint density at radius 3 is 2.57 bits per heavy atom. The van der Waals surface area contributed by atoms with Crippen molar-refractivity contribution >= 4 is 35.5 Å². The number of amides is 1. The van der Waals surface area contributed by atoms with Gasteiger partial charge in [-0.1, -0.05) is 31.7 Å². The summed E-state index contributed by atoms with van der Waals surface area (Å²) in [6.45, 7) is 8.20. The third kappa shape index (κ3) is 4.45. The molecule has 162 valence electrons. The Bertz CT molecular complexity index is 862. The number of hydrogen-bond donors (Lipinski definition) is 2. The number of piperidine rings is 1. The zero-order valence-corrected chi connectivity index (χ0v) is 19.2. The molecule has 0 unspecified atom stereocenters. The maximum absolute atomic E-state index is 12.8. The van der Waals surface area contributed by atoms with Gasteiger partial charge in [-0.3, -0.25) is 9.79 Å². The van der Waals surface area contributed by atoms with Gasteiger partial charge >= 0.3 is 0 Å². The number of hydrogen-bond acceptors (Lipinski definition) is 5. The third-order valence-corrected chi connectivity index (χ3v) is 7.98. The Kier molecular flexibility index (Phi) is 6.26. The minimum atomic E-state index is -0.524. The summed E-state index contributed by atoms with van der Waals surface area (Å²) in [4.78, 5) is 17.8. The van der Waals surface area contributed by atoms with Crippen LogP contribution in [0.1, 0.15) is 62.1 Å². The van der Waals surface area contributed by atoms with Crippen LogP contribution in [0.2, 0.25) is 0 Å². The predicted molar refractivity (Wildman–Crippen MR) is 127 cm³/mol. The number of nitrogens with zero attached hydrogens (tertiary/aromatic N) is 2. The first kappa shape index (κ1) is 21.4. The van der Waals surface area contributed by atoms with Gasteiger partial charge in [0, 0.05) is 24.7 Å². The first-order valence-electron chi connectivity index (χ1n) is 11.2. The van der Waals surface area contributed by atoms with Gasteiger partial charge in [-0.25, -0.2) is 4.31 Å². The Labute approximate surface area is 184 Å². The van der Waals surface area contributed by atoms with Crippen LogP contribution in [0.15, 0.2) is 22.5 Å². The number of aryl methyl sites for hydroxylation is 2. The second kappa shape index (κ2) is 8.75. The molecule has 1 aromatic carbocycles. The molecule has 0 radical (unpaired) electrons. The SMILES string of the molecule is Cc1cc(/C=C/SN2CCC3(CC2)N=C(C2CCC(C)CC2)NC3=O)c(C)cc1N. The van der Waals surface area contributed by atoms with Crippen molar-refractivity contribution in [3.63, 3.8) is 0 Å². The van der Waals surface area contributed by atoms with Crippen molar-refractivity contribution in [2.24, 2.45) is 16.8 Å². The molecule has 1 aromatic rings. The zero-order chi connectivity index (χ0) is 21.3. The second-order valence-corrected chi connectivity index (χ2v) is 10.3. The van der Waals surface area contributed by atoms with Gasteiger partial charge in [-0.05, 0) is 85.8 Å². The molecule has 4 rings (SSSR count). The number of nitrogens with one attached hydrogen (secondary N) is 1. The summed E-state index contributed by atoms with van der Waals surface area (Å²) in [5.41, 5.74) is 9.81. The van der Waals surface area contributed by atoms with E-state index in [1.807, 2.05) is 13.0 Å². The van der Waals surface area contributed by atoms with Crippen LogP contribution in [-0.2, 0) is 4.79 Å². The van der Waals surface area contributed by atoms with Crippen LogP contribution < -0.4 is 11.1 Å². The van der Waals surface area contributed by atoms with Gasteiger partial charge in [0.15, 0.2) is 0 Å². The molecule has 0 atom stereocenters. The molecule has 1 saturated carbocycles. The van der Waals surface area contributed by atoms with Crippen LogP contribution >= 0.6 is 11.9 Å². The fourth-order valence-electron chi connectivity index (χ4n) is 4.80. The molecule has 2 aliphatic heterocycles. The topological polar surface area (TPSA) is 70.7 Å². The fourth-order valence-corrected chi connectivity index (χ4v) is 5.57. The van der Waals surface area contributed by atoms with Crippen LogP contribution in [0.5, 0.6) is 0 Å². The van der Waals surface area contributed by atoms with E-state index in [1.54, 1.807) is 11.9 Å². The van der Waals surface area contributed by atoms with E-state index >= 15 is 0 Å². The highest BCUT2D eigenvalue weighted by Gasteiger charge is 2.47. The number of amidine groups is 1. The molecular weight excluding hydrogens is 392 g/mol. The van der Waals surface area contributed by atoms with E-state index in [0.29, 0.717) is 5.92 Å². The van der Waals surface area contributed by atoms with E-state index in [9.17, 15) is 4.79 Å². The summed E-state index contributed by atoms with van der Waals surface area (Å²) in [5, 5.41) is 5.30. The van der Waals surface area contributed by atoms with E-state index in [4.69, 9.17) is 10.7 Å². The summed E-state index contributed by atoms with van der Waals surface area (Å²) in [6, 6.07) is 4.17. The second-order valence-electron chi connectivity index (χ2n) is 9.34. The van der Waals surface area contributed by atoms with E-state index in [0.717, 1.165) is 61.8 Å². The first-order valence-corrected chi connectivity index (χ1v) is 12.1. The van der Waals surface area contributed by atoms with Gasteiger partial charge in [0.1, 0.15) is 11.4 Å². The lowest BCUT2D eigenvalue weighted by molar-refractivity contribution is -0.124. The largest absolute Gasteiger partial charge is 0.399 e. The third-order valence-electron chi connectivity index (χ3n) is 7.06. The molecule has 1 amide bonds. The molecule has 5 nitrogen and oxygen atoms in total. The molecule has 2 fully saturated rings. The molecule has 1 saturated heterocycles. The van der Waals surface area contributed by atoms with Crippen molar-refractivity contribution in [3.8, 4) is 0 Å². The van der Waals surface area contributed by atoms with Gasteiger partial charge in [0.2, 0.25) is 0 Å². The minimum absolute atomic E-state index is 0.129. The predicted octanol–water partition coefficient (Wildman–Crippen LogP) is 4.69. The van der Waals surface area contributed by atoms with Crippen molar-refractivity contribution in [3.05, 3.63) is 34.2 Å². The number of aliphatic imine (C=N–C) groups is 1. The summed E-state index contributed by atoms with van der Waals surface area (Å²) in [7, 11) is 0. The van der Waals surface area contributed by atoms with E-state index in [2.05, 4.69) is 41.0 Å². The maximum atomic E-state index is 12.8. The smallest absolute Gasteiger partial charge is 0.253 e. The van der Waals surface area contributed by atoms with Gasteiger partial charge in [-0.15, -0.1) is 0 Å². The Hall–Kier alpha value is -1.79.